The van der Waals surface area contributed by atoms with E-state index in [2.05, 4.69) is 10.6 Å². The molecule has 6 heteroatoms. The summed E-state index contributed by atoms with van der Waals surface area (Å²) in [7, 11) is 0. The van der Waals surface area contributed by atoms with E-state index in [1.54, 1.807) is 0 Å². The molecule has 2 amide bonds. The largest absolute Gasteiger partial charge is 0.480 e. The lowest BCUT2D eigenvalue weighted by Gasteiger charge is -2.33. The van der Waals surface area contributed by atoms with Crippen molar-refractivity contribution in [1.82, 2.24) is 10.6 Å². The van der Waals surface area contributed by atoms with Gasteiger partial charge in [-0.3, -0.25) is 0 Å². The first-order valence-corrected chi connectivity index (χ1v) is 8.00. The Hall–Kier alpha value is -1.30. The van der Waals surface area contributed by atoms with Crippen LogP contribution in [0.3, 0.4) is 0 Å². The van der Waals surface area contributed by atoms with Crippen molar-refractivity contribution < 1.29 is 19.4 Å². The normalized spacial score (nSPS) is 42.2. The van der Waals surface area contributed by atoms with Gasteiger partial charge in [-0.05, 0) is 42.9 Å². The molecule has 4 atom stereocenters. The Balaban J connectivity index is 1.36. The summed E-state index contributed by atoms with van der Waals surface area (Å²) in [5, 5.41) is 15.2. The molecule has 2 bridgehead atoms. The number of amides is 2. The summed E-state index contributed by atoms with van der Waals surface area (Å²) < 4.78 is 5.21. The van der Waals surface area contributed by atoms with E-state index < -0.39 is 11.5 Å². The predicted molar refractivity (Wildman–Crippen MR) is 73.7 cm³/mol. The molecule has 6 nitrogen and oxygen atoms in total. The molecule has 3 aliphatic carbocycles. The highest BCUT2D eigenvalue weighted by molar-refractivity contribution is 5.86. The molecule has 0 aromatic heterocycles. The van der Waals surface area contributed by atoms with Crippen molar-refractivity contribution in [3.05, 3.63) is 0 Å². The molecular weight excluding hydrogens is 272 g/mol. The van der Waals surface area contributed by atoms with Gasteiger partial charge >= 0.3 is 12.0 Å². The number of nitrogens with one attached hydrogen (secondary N) is 2. The number of aliphatic carboxylic acids is 1. The molecule has 4 aliphatic rings. The minimum absolute atomic E-state index is 0.280. The van der Waals surface area contributed by atoms with Crippen LogP contribution < -0.4 is 10.6 Å². The van der Waals surface area contributed by atoms with Gasteiger partial charge in [-0.2, -0.15) is 0 Å². The monoisotopic (exact) mass is 294 g/mol. The summed E-state index contributed by atoms with van der Waals surface area (Å²) in [5.74, 6) is 1.94. The van der Waals surface area contributed by atoms with Gasteiger partial charge in [0.1, 0.15) is 5.54 Å². The standard InChI is InChI=1S/C15H22N2O4/c18-13(19)15(3-5-21-6-4-15)17-14(20)16-12-10-8-1-2-9(7-8)11(10)12/h8-12H,1-7H2,(H,18,19)(H2,16,17,20). The Morgan fingerprint density at radius 3 is 2.29 bits per heavy atom. The molecular formula is C15H22N2O4. The van der Waals surface area contributed by atoms with Crippen LogP contribution in [-0.4, -0.2) is 41.9 Å². The topological polar surface area (TPSA) is 87.7 Å². The minimum Gasteiger partial charge on any atom is -0.480 e. The zero-order chi connectivity index (χ0) is 14.6. The van der Waals surface area contributed by atoms with Crippen LogP contribution in [0.25, 0.3) is 0 Å². The van der Waals surface area contributed by atoms with Crippen LogP contribution in [0, 0.1) is 23.7 Å². The Morgan fingerprint density at radius 2 is 1.71 bits per heavy atom. The Kier molecular flexibility index (Phi) is 2.93. The quantitative estimate of drug-likeness (QED) is 0.723. The van der Waals surface area contributed by atoms with Crippen LogP contribution in [0.5, 0.6) is 0 Å². The third kappa shape index (κ3) is 2.03. The number of carbonyl (C=O) groups excluding carboxylic acids is 1. The van der Waals surface area contributed by atoms with Crippen LogP contribution in [0.1, 0.15) is 32.1 Å². The number of rotatable bonds is 3. The lowest BCUT2D eigenvalue weighted by Crippen LogP contribution is -2.60. The van der Waals surface area contributed by atoms with Gasteiger partial charge in [0.2, 0.25) is 0 Å². The van der Waals surface area contributed by atoms with Gasteiger partial charge in [-0.1, -0.05) is 0 Å². The summed E-state index contributed by atoms with van der Waals surface area (Å²) in [6.07, 6.45) is 4.62. The first-order chi connectivity index (χ1) is 10.1. The summed E-state index contributed by atoms with van der Waals surface area (Å²) in [6.45, 7) is 0.761. The fourth-order valence-electron chi connectivity index (χ4n) is 5.04. The van der Waals surface area contributed by atoms with E-state index in [1.807, 2.05) is 0 Å². The Labute approximate surface area is 123 Å². The highest BCUT2D eigenvalue weighted by Gasteiger charge is 2.65. The van der Waals surface area contributed by atoms with Gasteiger partial charge in [-0.25, -0.2) is 9.59 Å². The lowest BCUT2D eigenvalue weighted by atomic mass is 9.90. The smallest absolute Gasteiger partial charge is 0.329 e. The minimum atomic E-state index is -1.16. The molecule has 0 aromatic rings. The first-order valence-electron chi connectivity index (χ1n) is 8.00. The maximum Gasteiger partial charge on any atom is 0.329 e. The van der Waals surface area contributed by atoms with E-state index >= 15 is 0 Å². The molecule has 0 radical (unpaired) electrons. The molecule has 1 saturated heterocycles. The Morgan fingerprint density at radius 1 is 1.10 bits per heavy atom. The average molecular weight is 294 g/mol. The molecule has 21 heavy (non-hydrogen) atoms. The molecule has 3 N–H and O–H groups in total. The van der Waals surface area contributed by atoms with E-state index in [0.717, 1.165) is 11.8 Å². The molecule has 4 fully saturated rings. The zero-order valence-corrected chi connectivity index (χ0v) is 12.0. The van der Waals surface area contributed by atoms with Crippen LogP contribution >= 0.6 is 0 Å². The van der Waals surface area contributed by atoms with Gasteiger partial charge in [0.05, 0.1) is 0 Å². The summed E-state index contributed by atoms with van der Waals surface area (Å²) in [6, 6.07) is -0.0416. The molecule has 3 saturated carbocycles. The number of hydrogen-bond acceptors (Lipinski definition) is 3. The number of carbonyl (C=O) groups is 2. The van der Waals surface area contributed by atoms with E-state index in [1.165, 1.54) is 19.3 Å². The van der Waals surface area contributed by atoms with Crippen LogP contribution in [0.2, 0.25) is 0 Å². The second kappa shape index (κ2) is 4.60. The van der Waals surface area contributed by atoms with Crippen LogP contribution in [0.4, 0.5) is 4.79 Å². The number of urea groups is 1. The van der Waals surface area contributed by atoms with E-state index in [9.17, 15) is 14.7 Å². The fourth-order valence-corrected chi connectivity index (χ4v) is 5.04. The number of ether oxygens (including phenoxy) is 1. The van der Waals surface area contributed by atoms with Gasteiger partial charge in [-0.15, -0.1) is 0 Å². The van der Waals surface area contributed by atoms with Gasteiger partial charge in [0, 0.05) is 32.1 Å². The maximum absolute atomic E-state index is 12.2. The van der Waals surface area contributed by atoms with Crippen LogP contribution in [-0.2, 0) is 9.53 Å². The van der Waals surface area contributed by atoms with Crippen molar-refractivity contribution >= 4 is 12.0 Å². The van der Waals surface area contributed by atoms with Crippen molar-refractivity contribution in [3.63, 3.8) is 0 Å². The highest BCUT2D eigenvalue weighted by atomic mass is 16.5. The third-order valence-electron chi connectivity index (χ3n) is 6.14. The van der Waals surface area contributed by atoms with Gasteiger partial charge in [0.15, 0.2) is 0 Å². The maximum atomic E-state index is 12.2. The summed E-state index contributed by atoms with van der Waals surface area (Å²) in [5.41, 5.74) is -1.16. The van der Waals surface area contributed by atoms with Gasteiger partial charge < -0.3 is 20.5 Å². The predicted octanol–water partition coefficient (Wildman–Crippen LogP) is 0.964. The highest BCUT2D eigenvalue weighted by Crippen LogP contribution is 2.65. The van der Waals surface area contributed by atoms with Crippen LogP contribution in [0.15, 0.2) is 0 Å². The Bertz CT molecular complexity index is 458. The van der Waals surface area contributed by atoms with Gasteiger partial charge in [0.25, 0.3) is 0 Å². The lowest BCUT2D eigenvalue weighted by molar-refractivity contribution is -0.148. The van der Waals surface area contributed by atoms with E-state index in [4.69, 9.17) is 4.74 Å². The molecule has 0 aromatic carbocycles. The van der Waals surface area contributed by atoms with Crippen molar-refractivity contribution in [2.45, 2.75) is 43.7 Å². The molecule has 4 rings (SSSR count). The van der Waals surface area contributed by atoms with Crippen molar-refractivity contribution in [2.24, 2.45) is 23.7 Å². The second-order valence-corrected chi connectivity index (χ2v) is 7.11. The number of fused-ring (bicyclic) bond motifs is 5. The van der Waals surface area contributed by atoms with E-state index in [0.29, 0.717) is 37.9 Å². The summed E-state index contributed by atoms with van der Waals surface area (Å²) >= 11 is 0. The molecule has 116 valence electrons. The number of carboxylic acids is 1. The fraction of sp³-hybridized carbons (Fsp3) is 0.867. The molecule has 4 unspecified atom stereocenters. The molecule has 1 aliphatic heterocycles. The summed E-state index contributed by atoms with van der Waals surface area (Å²) in [4.78, 5) is 23.7. The molecule has 1 heterocycles. The molecule has 0 spiro atoms. The van der Waals surface area contributed by atoms with Crippen molar-refractivity contribution in [1.29, 1.82) is 0 Å². The zero-order valence-electron chi connectivity index (χ0n) is 12.0. The second-order valence-electron chi connectivity index (χ2n) is 7.11. The SMILES string of the molecule is O=C(NC1C2C3CCC(C3)C12)NC1(C(=O)O)CCOCC1. The number of hydrogen-bond donors (Lipinski definition) is 3. The van der Waals surface area contributed by atoms with Crippen molar-refractivity contribution in [2.75, 3.05) is 13.2 Å². The third-order valence-corrected chi connectivity index (χ3v) is 6.14. The number of carboxylic acid groups (broad SMARTS) is 1. The average Bonchev–Trinajstić information content (AvgIpc) is 2.84. The van der Waals surface area contributed by atoms with Crippen molar-refractivity contribution in [3.8, 4) is 0 Å². The van der Waals surface area contributed by atoms with E-state index in [-0.39, 0.29) is 12.1 Å². The first kappa shape index (κ1) is 13.4.